The first-order chi connectivity index (χ1) is 14.3. The first kappa shape index (κ1) is 21.5. The van der Waals surface area contributed by atoms with E-state index >= 15 is 0 Å². The molecule has 30 heavy (non-hydrogen) atoms. The number of hydrogen-bond acceptors (Lipinski definition) is 7. The Hall–Kier alpha value is -3.16. The zero-order valence-electron chi connectivity index (χ0n) is 17.9. The quantitative estimate of drug-likeness (QED) is 0.714. The van der Waals surface area contributed by atoms with Crippen molar-refractivity contribution in [2.24, 2.45) is 0 Å². The smallest absolute Gasteiger partial charge is 0.410 e. The number of ether oxygens (including phenoxy) is 2. The fourth-order valence-electron chi connectivity index (χ4n) is 3.26. The fourth-order valence-corrected chi connectivity index (χ4v) is 3.26. The Morgan fingerprint density at radius 3 is 2.23 bits per heavy atom. The largest absolute Gasteiger partial charge is 0.464 e. The molecule has 1 aliphatic heterocycles. The van der Waals surface area contributed by atoms with Crippen LogP contribution < -0.4 is 4.90 Å². The topological polar surface area (TPSA) is 84.9 Å². The van der Waals surface area contributed by atoms with Gasteiger partial charge in [-0.15, -0.1) is 0 Å². The van der Waals surface area contributed by atoms with Gasteiger partial charge in [-0.1, -0.05) is 12.1 Å². The molecule has 1 aromatic carbocycles. The highest BCUT2D eigenvalue weighted by Gasteiger charge is 2.26. The lowest BCUT2D eigenvalue weighted by Gasteiger charge is -2.36. The molecule has 8 heteroatoms. The van der Waals surface area contributed by atoms with Gasteiger partial charge in [0.25, 0.3) is 0 Å². The summed E-state index contributed by atoms with van der Waals surface area (Å²) in [7, 11) is 1.33. The van der Waals surface area contributed by atoms with E-state index in [1.165, 1.54) is 13.3 Å². The molecule has 160 valence electrons. The minimum absolute atomic E-state index is 0.238. The van der Waals surface area contributed by atoms with Gasteiger partial charge in [-0.2, -0.15) is 0 Å². The Balaban J connectivity index is 1.60. The number of aromatic nitrogens is 2. The summed E-state index contributed by atoms with van der Waals surface area (Å²) in [6.07, 6.45) is 3.28. The minimum Gasteiger partial charge on any atom is -0.464 e. The molecule has 0 saturated carbocycles. The molecule has 1 saturated heterocycles. The van der Waals surface area contributed by atoms with Crippen LogP contribution in [-0.4, -0.2) is 65.8 Å². The van der Waals surface area contributed by atoms with Crippen molar-refractivity contribution in [2.45, 2.75) is 32.8 Å². The molecule has 0 spiro atoms. The molecule has 0 unspecified atom stereocenters. The highest BCUT2D eigenvalue weighted by Crippen LogP contribution is 2.20. The van der Waals surface area contributed by atoms with E-state index in [9.17, 15) is 9.59 Å². The van der Waals surface area contributed by atoms with Crippen LogP contribution in [0.15, 0.2) is 36.7 Å². The van der Waals surface area contributed by atoms with Crippen LogP contribution in [-0.2, 0) is 15.9 Å². The number of nitrogens with zero attached hydrogens (tertiary/aromatic N) is 4. The maximum Gasteiger partial charge on any atom is 0.410 e. The van der Waals surface area contributed by atoms with E-state index in [4.69, 9.17) is 9.47 Å². The van der Waals surface area contributed by atoms with Gasteiger partial charge in [-0.25, -0.2) is 14.6 Å². The normalized spacial score (nSPS) is 14.4. The lowest BCUT2D eigenvalue weighted by molar-refractivity contribution is 0.0240. The van der Waals surface area contributed by atoms with Crippen LogP contribution in [0.2, 0.25) is 0 Å². The third-order valence-corrected chi connectivity index (χ3v) is 4.76. The van der Waals surface area contributed by atoms with E-state index in [0.29, 0.717) is 25.2 Å². The molecule has 1 amide bonds. The van der Waals surface area contributed by atoms with E-state index < -0.39 is 11.6 Å². The van der Waals surface area contributed by atoms with Crippen molar-refractivity contribution in [3.63, 3.8) is 0 Å². The first-order valence-corrected chi connectivity index (χ1v) is 9.97. The van der Waals surface area contributed by atoms with Crippen LogP contribution in [0.4, 0.5) is 10.5 Å². The molecule has 0 N–H and O–H groups in total. The molecule has 8 nitrogen and oxygen atoms in total. The van der Waals surface area contributed by atoms with E-state index in [2.05, 4.69) is 14.9 Å². The molecule has 0 radical (unpaired) electrons. The number of piperazine rings is 1. The number of methoxy groups -OCH3 is 1. The van der Waals surface area contributed by atoms with Crippen molar-refractivity contribution < 1.29 is 19.1 Å². The monoisotopic (exact) mass is 412 g/mol. The van der Waals surface area contributed by atoms with Crippen LogP contribution >= 0.6 is 0 Å². The summed E-state index contributed by atoms with van der Waals surface area (Å²) in [6.45, 7) is 8.36. The Morgan fingerprint density at radius 2 is 1.63 bits per heavy atom. The number of rotatable bonds is 4. The van der Waals surface area contributed by atoms with Gasteiger partial charge in [0.15, 0.2) is 5.69 Å². The molecular weight excluding hydrogens is 384 g/mol. The standard InChI is InChI=1S/C22H28N4O4/c1-22(2,3)30-21(28)26-13-11-25(12-14-26)17-7-5-16(6-8-17)15-18-19(20(27)29-4)24-10-9-23-18/h5-10H,11-15H2,1-4H3. The van der Waals surface area contributed by atoms with Crippen molar-refractivity contribution in [3.05, 3.63) is 53.6 Å². The third kappa shape index (κ3) is 5.46. The summed E-state index contributed by atoms with van der Waals surface area (Å²) in [4.78, 5) is 36.4. The molecule has 1 aliphatic rings. The molecular formula is C22H28N4O4. The molecule has 0 atom stereocenters. The molecule has 2 heterocycles. The molecule has 0 aliphatic carbocycles. The van der Waals surface area contributed by atoms with Crippen LogP contribution in [0.3, 0.4) is 0 Å². The average Bonchev–Trinajstić information content (AvgIpc) is 2.73. The average molecular weight is 412 g/mol. The summed E-state index contributed by atoms with van der Waals surface area (Å²) >= 11 is 0. The number of hydrogen-bond donors (Lipinski definition) is 0. The second kappa shape index (κ2) is 9.11. The predicted octanol–water partition coefficient (Wildman–Crippen LogP) is 2.91. The molecule has 2 aromatic rings. The highest BCUT2D eigenvalue weighted by atomic mass is 16.6. The number of amides is 1. The van der Waals surface area contributed by atoms with E-state index in [1.807, 2.05) is 45.0 Å². The predicted molar refractivity (Wildman–Crippen MR) is 113 cm³/mol. The van der Waals surface area contributed by atoms with Crippen molar-refractivity contribution >= 4 is 17.7 Å². The van der Waals surface area contributed by atoms with Crippen LogP contribution in [0.25, 0.3) is 0 Å². The van der Waals surface area contributed by atoms with Crippen LogP contribution in [0.1, 0.15) is 42.5 Å². The van der Waals surface area contributed by atoms with Gasteiger partial charge < -0.3 is 19.3 Å². The van der Waals surface area contributed by atoms with Gasteiger partial charge in [0.2, 0.25) is 0 Å². The molecule has 1 fully saturated rings. The molecule has 1 aromatic heterocycles. The van der Waals surface area contributed by atoms with Gasteiger partial charge in [0.05, 0.1) is 12.8 Å². The summed E-state index contributed by atoms with van der Waals surface area (Å²) < 4.78 is 10.2. The Labute approximate surface area is 176 Å². The maximum absolute atomic E-state index is 12.2. The zero-order chi connectivity index (χ0) is 21.7. The van der Waals surface area contributed by atoms with Gasteiger partial charge in [-0.3, -0.25) is 4.98 Å². The minimum atomic E-state index is -0.488. The van der Waals surface area contributed by atoms with Crippen molar-refractivity contribution in [1.29, 1.82) is 0 Å². The summed E-state index contributed by atoms with van der Waals surface area (Å²) in [5, 5.41) is 0. The van der Waals surface area contributed by atoms with Crippen LogP contribution in [0.5, 0.6) is 0 Å². The molecule has 0 bridgehead atoms. The lowest BCUT2D eigenvalue weighted by Crippen LogP contribution is -2.50. The summed E-state index contributed by atoms with van der Waals surface area (Å²) in [6, 6.07) is 8.13. The number of carbonyl (C=O) groups is 2. The SMILES string of the molecule is COC(=O)c1nccnc1Cc1ccc(N2CCN(C(=O)OC(C)(C)C)CC2)cc1. The van der Waals surface area contributed by atoms with Crippen LogP contribution in [0, 0.1) is 0 Å². The Kier molecular flexibility index (Phi) is 6.54. The van der Waals surface area contributed by atoms with E-state index in [-0.39, 0.29) is 11.8 Å². The van der Waals surface area contributed by atoms with E-state index in [0.717, 1.165) is 24.3 Å². The molecule has 3 rings (SSSR count). The number of carbonyl (C=O) groups excluding carboxylic acids is 2. The van der Waals surface area contributed by atoms with Crippen molar-refractivity contribution in [2.75, 3.05) is 38.2 Å². The number of anilines is 1. The highest BCUT2D eigenvalue weighted by molar-refractivity contribution is 5.88. The Morgan fingerprint density at radius 1 is 1.00 bits per heavy atom. The van der Waals surface area contributed by atoms with Gasteiger partial charge in [0, 0.05) is 50.7 Å². The number of benzene rings is 1. The van der Waals surface area contributed by atoms with Crippen molar-refractivity contribution in [1.82, 2.24) is 14.9 Å². The van der Waals surface area contributed by atoms with Crippen molar-refractivity contribution in [3.8, 4) is 0 Å². The fraction of sp³-hybridized carbons (Fsp3) is 0.455. The third-order valence-electron chi connectivity index (χ3n) is 4.76. The zero-order valence-corrected chi connectivity index (χ0v) is 17.9. The van der Waals surface area contributed by atoms with Gasteiger partial charge in [0.1, 0.15) is 5.60 Å². The van der Waals surface area contributed by atoms with Gasteiger partial charge >= 0.3 is 12.1 Å². The lowest BCUT2D eigenvalue weighted by atomic mass is 10.1. The van der Waals surface area contributed by atoms with E-state index in [1.54, 1.807) is 11.1 Å². The Bertz CT molecular complexity index is 885. The summed E-state index contributed by atoms with van der Waals surface area (Å²) in [5.41, 5.74) is 2.46. The summed E-state index contributed by atoms with van der Waals surface area (Å²) in [5.74, 6) is -0.488. The second-order valence-corrected chi connectivity index (χ2v) is 8.14. The second-order valence-electron chi connectivity index (χ2n) is 8.14. The van der Waals surface area contributed by atoms with Gasteiger partial charge in [-0.05, 0) is 38.5 Å². The number of esters is 1. The maximum atomic E-state index is 12.2. The first-order valence-electron chi connectivity index (χ1n) is 9.97.